The van der Waals surface area contributed by atoms with Crippen LogP contribution in [0.15, 0.2) is 79.1 Å². The van der Waals surface area contributed by atoms with Crippen LogP contribution in [0.2, 0.25) is 0 Å². The highest BCUT2D eigenvalue weighted by Gasteiger charge is 2.22. The van der Waals surface area contributed by atoms with Crippen LogP contribution in [0.1, 0.15) is 23.2 Å². The number of benzene rings is 2. The zero-order chi connectivity index (χ0) is 22.6. The smallest absolute Gasteiger partial charge is 0.260 e. The number of carbonyl (C=O) groups excluding carboxylic acids is 1. The van der Waals surface area contributed by atoms with Crippen LogP contribution in [0.5, 0.6) is 5.75 Å². The van der Waals surface area contributed by atoms with Crippen molar-refractivity contribution in [1.29, 1.82) is 0 Å². The topological polar surface area (TPSA) is 72.3 Å². The first-order chi connectivity index (χ1) is 16.2. The maximum Gasteiger partial charge on any atom is 0.260 e. The summed E-state index contributed by atoms with van der Waals surface area (Å²) in [6.45, 7) is 2.10. The number of carbonyl (C=O) groups is 1. The van der Waals surface area contributed by atoms with Crippen molar-refractivity contribution >= 4 is 17.4 Å². The molecule has 0 unspecified atom stereocenters. The quantitative estimate of drug-likeness (QED) is 0.467. The molecular weight excluding hydrogens is 414 g/mol. The second kappa shape index (κ2) is 9.16. The minimum Gasteiger partial charge on any atom is -0.496 e. The van der Waals surface area contributed by atoms with Crippen LogP contribution in [-0.2, 0) is 0 Å². The maximum atomic E-state index is 13.3. The largest absolute Gasteiger partial charge is 0.496 e. The highest BCUT2D eigenvalue weighted by Crippen LogP contribution is 2.32. The molecule has 0 spiro atoms. The summed E-state index contributed by atoms with van der Waals surface area (Å²) < 4.78 is 7.24. The molecule has 0 radical (unpaired) electrons. The van der Waals surface area contributed by atoms with Crippen molar-refractivity contribution in [1.82, 2.24) is 14.8 Å². The molecular formula is C26H25N5O2. The van der Waals surface area contributed by atoms with Gasteiger partial charge in [-0.15, -0.1) is 0 Å². The fourth-order valence-corrected chi connectivity index (χ4v) is 4.10. The number of ether oxygens (including phenoxy) is 1. The van der Waals surface area contributed by atoms with E-state index in [1.54, 1.807) is 18.0 Å². The van der Waals surface area contributed by atoms with Gasteiger partial charge in [-0.3, -0.25) is 4.79 Å². The van der Waals surface area contributed by atoms with Gasteiger partial charge in [0.05, 0.1) is 30.2 Å². The molecule has 0 aliphatic carbocycles. The Morgan fingerprint density at radius 2 is 1.70 bits per heavy atom. The van der Waals surface area contributed by atoms with Crippen molar-refractivity contribution in [2.45, 2.75) is 12.8 Å². The van der Waals surface area contributed by atoms with Gasteiger partial charge in [-0.1, -0.05) is 30.3 Å². The van der Waals surface area contributed by atoms with E-state index >= 15 is 0 Å². The van der Waals surface area contributed by atoms with E-state index in [9.17, 15) is 4.79 Å². The molecule has 7 heteroatoms. The van der Waals surface area contributed by atoms with Gasteiger partial charge in [0.1, 0.15) is 17.3 Å². The fraction of sp³-hybridized carbons (Fsp3) is 0.192. The average molecular weight is 440 g/mol. The first-order valence-corrected chi connectivity index (χ1v) is 11.0. The van der Waals surface area contributed by atoms with E-state index < -0.39 is 0 Å². The van der Waals surface area contributed by atoms with Crippen molar-refractivity contribution in [3.63, 3.8) is 0 Å². The molecule has 33 heavy (non-hydrogen) atoms. The van der Waals surface area contributed by atoms with E-state index in [0.717, 1.165) is 30.0 Å². The Balaban J connectivity index is 1.48. The van der Waals surface area contributed by atoms with Crippen LogP contribution < -0.4 is 15.0 Å². The Bertz CT molecular complexity index is 1250. The lowest BCUT2D eigenvalue weighted by Crippen LogP contribution is -2.18. The Labute approximate surface area is 192 Å². The zero-order valence-electron chi connectivity index (χ0n) is 18.4. The summed E-state index contributed by atoms with van der Waals surface area (Å²) in [7, 11) is 1.61. The fourth-order valence-electron chi connectivity index (χ4n) is 4.10. The summed E-state index contributed by atoms with van der Waals surface area (Å²) in [6.07, 6.45) is 5.96. The van der Waals surface area contributed by atoms with Gasteiger partial charge in [0, 0.05) is 24.8 Å². The molecule has 4 aromatic rings. The van der Waals surface area contributed by atoms with E-state index in [-0.39, 0.29) is 5.91 Å². The van der Waals surface area contributed by atoms with E-state index in [1.165, 1.54) is 12.8 Å². The van der Waals surface area contributed by atoms with Crippen molar-refractivity contribution < 1.29 is 9.53 Å². The number of hydrogen-bond donors (Lipinski definition) is 1. The van der Waals surface area contributed by atoms with E-state index in [4.69, 9.17) is 9.84 Å². The van der Waals surface area contributed by atoms with E-state index in [0.29, 0.717) is 22.8 Å². The van der Waals surface area contributed by atoms with Crippen LogP contribution in [0.4, 0.5) is 11.5 Å². The molecule has 1 amide bonds. The predicted octanol–water partition coefficient (Wildman–Crippen LogP) is 4.80. The Morgan fingerprint density at radius 3 is 2.42 bits per heavy atom. The van der Waals surface area contributed by atoms with Crippen molar-refractivity contribution in [3.05, 3.63) is 84.7 Å². The minimum atomic E-state index is -0.278. The molecule has 0 saturated carbocycles. The predicted molar refractivity (Wildman–Crippen MR) is 129 cm³/mol. The van der Waals surface area contributed by atoms with Crippen LogP contribution in [0.25, 0.3) is 16.9 Å². The monoisotopic (exact) mass is 439 g/mol. The minimum absolute atomic E-state index is 0.278. The lowest BCUT2D eigenvalue weighted by atomic mass is 10.1. The third-order valence-corrected chi connectivity index (χ3v) is 5.80. The van der Waals surface area contributed by atoms with Gasteiger partial charge < -0.3 is 15.0 Å². The number of nitrogens with one attached hydrogen (secondary N) is 1. The zero-order valence-corrected chi connectivity index (χ0v) is 18.4. The molecule has 1 aliphatic rings. The molecule has 1 N–H and O–H groups in total. The summed E-state index contributed by atoms with van der Waals surface area (Å²) in [5.74, 6) is 0.874. The van der Waals surface area contributed by atoms with Gasteiger partial charge in [-0.05, 0) is 49.2 Å². The number of hydrogen-bond acceptors (Lipinski definition) is 5. The number of methoxy groups -OCH3 is 1. The lowest BCUT2D eigenvalue weighted by molar-refractivity contribution is 0.102. The first-order valence-electron chi connectivity index (χ1n) is 11.0. The second-order valence-corrected chi connectivity index (χ2v) is 7.92. The molecule has 1 aliphatic heterocycles. The third kappa shape index (κ3) is 4.30. The van der Waals surface area contributed by atoms with Gasteiger partial charge >= 0.3 is 0 Å². The maximum absolute atomic E-state index is 13.3. The highest BCUT2D eigenvalue weighted by molar-refractivity contribution is 6.08. The Morgan fingerprint density at radius 1 is 0.939 bits per heavy atom. The molecule has 0 atom stereocenters. The molecule has 5 rings (SSSR count). The SMILES string of the molecule is COc1ccccc1-c1nn(-c2ccccc2)cc1C(=O)Nc1ccc(N2CCCC2)cn1. The van der Waals surface area contributed by atoms with E-state index in [2.05, 4.69) is 15.2 Å². The first kappa shape index (κ1) is 20.8. The van der Waals surface area contributed by atoms with Crippen LogP contribution in [-0.4, -0.2) is 40.9 Å². The average Bonchev–Trinajstić information content (AvgIpc) is 3.56. The summed E-state index contributed by atoms with van der Waals surface area (Å²) in [4.78, 5) is 20.1. The molecule has 1 fully saturated rings. The number of amides is 1. The number of anilines is 2. The molecule has 7 nitrogen and oxygen atoms in total. The lowest BCUT2D eigenvalue weighted by Gasteiger charge is -2.17. The number of pyridine rings is 1. The molecule has 2 aromatic heterocycles. The Kier molecular flexibility index (Phi) is 5.76. The van der Waals surface area contributed by atoms with Gasteiger partial charge in [0.25, 0.3) is 5.91 Å². The van der Waals surface area contributed by atoms with Crippen LogP contribution in [0, 0.1) is 0 Å². The van der Waals surface area contributed by atoms with Gasteiger partial charge in [0.15, 0.2) is 0 Å². The van der Waals surface area contributed by atoms with E-state index in [1.807, 2.05) is 72.9 Å². The number of nitrogens with zero attached hydrogens (tertiary/aromatic N) is 4. The molecule has 0 bridgehead atoms. The third-order valence-electron chi connectivity index (χ3n) is 5.80. The summed E-state index contributed by atoms with van der Waals surface area (Å²) in [5.41, 5.74) is 3.67. The molecule has 3 heterocycles. The van der Waals surface area contributed by atoms with Gasteiger partial charge in [-0.25, -0.2) is 9.67 Å². The summed E-state index contributed by atoms with van der Waals surface area (Å²) in [6, 6.07) is 21.1. The highest BCUT2D eigenvalue weighted by atomic mass is 16.5. The van der Waals surface area contributed by atoms with Gasteiger partial charge in [-0.2, -0.15) is 5.10 Å². The Hall–Kier alpha value is -4.13. The normalized spacial score (nSPS) is 13.2. The molecule has 2 aromatic carbocycles. The summed E-state index contributed by atoms with van der Waals surface area (Å²) in [5, 5.41) is 7.66. The molecule has 1 saturated heterocycles. The van der Waals surface area contributed by atoms with Crippen LogP contribution >= 0.6 is 0 Å². The van der Waals surface area contributed by atoms with Crippen molar-refractivity contribution in [3.8, 4) is 22.7 Å². The second-order valence-electron chi connectivity index (χ2n) is 7.92. The summed E-state index contributed by atoms with van der Waals surface area (Å²) >= 11 is 0. The van der Waals surface area contributed by atoms with Crippen LogP contribution in [0.3, 0.4) is 0 Å². The number of rotatable bonds is 6. The van der Waals surface area contributed by atoms with Crippen molar-refractivity contribution in [2.24, 2.45) is 0 Å². The number of aromatic nitrogens is 3. The number of para-hydroxylation sites is 2. The van der Waals surface area contributed by atoms with Gasteiger partial charge in [0.2, 0.25) is 0 Å². The molecule has 166 valence electrons. The standard InChI is InChI=1S/C26H25N5O2/c1-33-23-12-6-5-11-21(23)25-22(18-31(29-25)19-9-3-2-4-10-19)26(32)28-24-14-13-20(17-27-24)30-15-7-8-16-30/h2-6,9-14,17-18H,7-8,15-16H2,1H3,(H,27,28,32). The van der Waals surface area contributed by atoms with Crippen molar-refractivity contribution in [2.75, 3.05) is 30.4 Å².